The molecule has 0 bridgehead atoms. The fourth-order valence-electron chi connectivity index (χ4n) is 0.926. The van der Waals surface area contributed by atoms with Crippen molar-refractivity contribution >= 4 is 28.6 Å². The second-order valence-corrected chi connectivity index (χ2v) is 2.97. The summed E-state index contributed by atoms with van der Waals surface area (Å²) < 4.78 is 0. The van der Waals surface area contributed by atoms with Crippen molar-refractivity contribution in [2.75, 3.05) is 6.26 Å². The molecule has 5 nitrogen and oxygen atoms in total. The molecule has 12 heavy (non-hydrogen) atoms. The van der Waals surface area contributed by atoms with E-state index < -0.39 is 0 Å². The van der Waals surface area contributed by atoms with Crippen LogP contribution in [-0.2, 0) is 0 Å². The molecule has 0 aliphatic carbocycles. The van der Waals surface area contributed by atoms with E-state index in [-0.39, 0.29) is 0 Å². The molecular formula is C6H7N5S+. The number of amidine groups is 2. The molecule has 0 amide bonds. The van der Waals surface area contributed by atoms with Crippen LogP contribution in [0, 0.1) is 0 Å². The van der Waals surface area contributed by atoms with E-state index >= 15 is 0 Å². The zero-order chi connectivity index (χ0) is 8.55. The van der Waals surface area contributed by atoms with Crippen molar-refractivity contribution in [3.05, 3.63) is 12.0 Å². The molecule has 1 radical (unpaired) electrons. The summed E-state index contributed by atoms with van der Waals surface area (Å²) in [5.74, 6) is 1.06. The maximum absolute atomic E-state index is 5.64. The normalized spacial score (nSPS) is 15.1. The monoisotopic (exact) mass is 181 g/mol. The first-order valence-corrected chi connectivity index (χ1v) is 4.54. The minimum absolute atomic E-state index is 0.446. The maximum Gasteiger partial charge on any atom is 0.335 e. The first-order valence-electron chi connectivity index (χ1n) is 3.32. The van der Waals surface area contributed by atoms with Gasteiger partial charge in [-0.1, -0.05) is 26.7 Å². The van der Waals surface area contributed by atoms with Crippen LogP contribution < -0.4 is 10.7 Å². The summed E-state index contributed by atoms with van der Waals surface area (Å²) in [6.07, 6.45) is 3.45. The van der Waals surface area contributed by atoms with Crippen molar-refractivity contribution in [2.45, 2.75) is 0 Å². The smallest absolute Gasteiger partial charge is 0.335 e. The summed E-state index contributed by atoms with van der Waals surface area (Å²) >= 11 is 1.45. The third-order valence-corrected chi connectivity index (χ3v) is 2.02. The Bertz CT molecular complexity index is 364. The highest BCUT2D eigenvalue weighted by Gasteiger charge is 2.24. The predicted molar refractivity (Wildman–Crippen MR) is 49.6 cm³/mol. The number of thioether (sulfide) groups is 1. The van der Waals surface area contributed by atoms with Gasteiger partial charge in [-0.3, -0.25) is 0 Å². The number of hydrogen-bond donors (Lipinski definition) is 2. The molecule has 0 saturated carbocycles. The SMILES string of the molecule is CSC1=[N+]c2nc[nH]c2C(N)=N1. The number of aromatic nitrogens is 2. The molecule has 61 valence electrons. The van der Waals surface area contributed by atoms with E-state index in [0.29, 0.717) is 22.5 Å². The van der Waals surface area contributed by atoms with Crippen molar-refractivity contribution in [1.82, 2.24) is 15.0 Å². The van der Waals surface area contributed by atoms with Crippen molar-refractivity contribution < 1.29 is 0 Å². The van der Waals surface area contributed by atoms with Crippen LogP contribution in [0.4, 0.5) is 5.82 Å². The molecule has 0 spiro atoms. The van der Waals surface area contributed by atoms with E-state index in [1.807, 2.05) is 6.26 Å². The number of nitrogens with zero attached hydrogens (tertiary/aromatic N) is 3. The van der Waals surface area contributed by atoms with Gasteiger partial charge in [-0.25, -0.2) is 0 Å². The Morgan fingerprint density at radius 1 is 1.67 bits per heavy atom. The number of imidazole rings is 1. The van der Waals surface area contributed by atoms with Crippen LogP contribution >= 0.6 is 11.8 Å². The van der Waals surface area contributed by atoms with Gasteiger partial charge in [0, 0.05) is 0 Å². The summed E-state index contributed by atoms with van der Waals surface area (Å²) in [6.45, 7) is 0. The highest BCUT2D eigenvalue weighted by atomic mass is 32.2. The van der Waals surface area contributed by atoms with E-state index in [1.54, 1.807) is 6.33 Å². The van der Waals surface area contributed by atoms with Crippen molar-refractivity contribution in [3.8, 4) is 0 Å². The average molecular weight is 181 g/mol. The number of aliphatic imine (C=N–C) groups is 2. The number of nitrogens with two attached hydrogens (primary N) is 1. The Morgan fingerprint density at radius 2 is 2.50 bits per heavy atom. The molecule has 0 unspecified atom stereocenters. The van der Waals surface area contributed by atoms with Crippen LogP contribution in [0.1, 0.15) is 5.69 Å². The number of H-pyrrole nitrogens is 1. The fourth-order valence-corrected chi connectivity index (χ4v) is 1.29. The quantitative estimate of drug-likeness (QED) is 0.582. The van der Waals surface area contributed by atoms with Gasteiger partial charge in [-0.2, -0.15) is 0 Å². The molecule has 1 aliphatic heterocycles. The fraction of sp³-hybridized carbons (Fsp3) is 0.167. The minimum Gasteiger partial charge on any atom is -0.368 e. The number of fused-ring (bicyclic) bond motifs is 1. The summed E-state index contributed by atoms with van der Waals surface area (Å²) in [5.41, 5.74) is 6.34. The van der Waals surface area contributed by atoms with Crippen molar-refractivity contribution in [3.63, 3.8) is 0 Å². The largest absolute Gasteiger partial charge is 0.368 e. The van der Waals surface area contributed by atoms with Crippen LogP contribution in [0.3, 0.4) is 0 Å². The summed E-state index contributed by atoms with van der Waals surface area (Å²) in [7, 11) is 0. The molecule has 0 fully saturated rings. The lowest BCUT2D eigenvalue weighted by Gasteiger charge is -1.95. The third-order valence-electron chi connectivity index (χ3n) is 1.48. The minimum atomic E-state index is 0.446. The maximum atomic E-state index is 5.64. The van der Waals surface area contributed by atoms with Gasteiger partial charge in [-0.05, 0) is 6.26 Å². The van der Waals surface area contributed by atoms with Crippen molar-refractivity contribution in [1.29, 1.82) is 0 Å². The van der Waals surface area contributed by atoms with Gasteiger partial charge in [0.2, 0.25) is 5.84 Å². The molecule has 3 N–H and O–H groups in total. The van der Waals surface area contributed by atoms with Crippen LogP contribution in [0.25, 0.3) is 0 Å². The third kappa shape index (κ3) is 1.00. The molecular weight excluding hydrogens is 174 g/mol. The molecule has 1 aliphatic rings. The first kappa shape index (κ1) is 7.35. The van der Waals surface area contributed by atoms with Crippen LogP contribution in [-0.4, -0.2) is 27.2 Å². The van der Waals surface area contributed by atoms with E-state index in [9.17, 15) is 0 Å². The molecule has 6 heteroatoms. The van der Waals surface area contributed by atoms with Gasteiger partial charge < -0.3 is 10.7 Å². The number of rotatable bonds is 0. The highest BCUT2D eigenvalue weighted by Crippen LogP contribution is 2.13. The Morgan fingerprint density at radius 3 is 3.25 bits per heavy atom. The zero-order valence-electron chi connectivity index (χ0n) is 6.40. The Balaban J connectivity index is 2.54. The summed E-state index contributed by atoms with van der Waals surface area (Å²) in [6, 6.07) is 0. The van der Waals surface area contributed by atoms with Gasteiger partial charge in [0.1, 0.15) is 0 Å². The first-order chi connectivity index (χ1) is 5.81. The van der Waals surface area contributed by atoms with Crippen LogP contribution in [0.15, 0.2) is 11.3 Å². The zero-order valence-corrected chi connectivity index (χ0v) is 7.22. The summed E-state index contributed by atoms with van der Waals surface area (Å²) in [4.78, 5) is 15.1. The number of aromatic amines is 1. The van der Waals surface area contributed by atoms with Gasteiger partial charge >= 0.3 is 11.0 Å². The Kier molecular flexibility index (Phi) is 1.61. The van der Waals surface area contributed by atoms with Crippen LogP contribution in [0.2, 0.25) is 0 Å². The molecule has 0 aromatic carbocycles. The summed E-state index contributed by atoms with van der Waals surface area (Å²) in [5, 5.41) is 0.645. The van der Waals surface area contributed by atoms with Crippen LogP contribution in [0.5, 0.6) is 0 Å². The van der Waals surface area contributed by atoms with Gasteiger partial charge in [-0.15, -0.1) is 0 Å². The van der Waals surface area contributed by atoms with E-state index in [4.69, 9.17) is 5.73 Å². The molecule has 1 aromatic rings. The highest BCUT2D eigenvalue weighted by molar-refractivity contribution is 8.13. The molecule has 1 aromatic heterocycles. The average Bonchev–Trinajstić information content (AvgIpc) is 2.52. The lowest BCUT2D eigenvalue weighted by Crippen LogP contribution is -2.21. The Hall–Kier alpha value is -1.30. The standard InChI is InChI=1S/C6H7N5S/c1-12-6-10-4(7)3-5(11-6)9-2-8-3/h2H,1H3,(H2,7,10)(H,8,9)/q+1. The lowest BCUT2D eigenvalue weighted by molar-refractivity contribution is 1.23. The van der Waals surface area contributed by atoms with E-state index in [1.165, 1.54) is 11.8 Å². The predicted octanol–water partition coefficient (Wildman–Crippen LogP) is -0.185. The van der Waals surface area contributed by atoms with Gasteiger partial charge in [0.25, 0.3) is 0 Å². The molecule has 2 heterocycles. The lowest BCUT2D eigenvalue weighted by atomic mass is 10.4. The second-order valence-electron chi connectivity index (χ2n) is 2.20. The number of hydrogen-bond acceptors (Lipinski definition) is 5. The molecule has 2 rings (SSSR count). The topological polar surface area (TPSA) is 81.2 Å². The second kappa shape index (κ2) is 2.63. The van der Waals surface area contributed by atoms with Crippen molar-refractivity contribution in [2.24, 2.45) is 10.7 Å². The van der Waals surface area contributed by atoms with Gasteiger partial charge in [0.05, 0.1) is 0 Å². The van der Waals surface area contributed by atoms with E-state index in [2.05, 4.69) is 20.0 Å². The Labute approximate surface area is 73.2 Å². The van der Waals surface area contributed by atoms with E-state index in [0.717, 1.165) is 0 Å². The molecule has 0 atom stereocenters. The molecule has 0 saturated heterocycles. The van der Waals surface area contributed by atoms with Gasteiger partial charge in [0.15, 0.2) is 12.0 Å². The number of nitrogens with one attached hydrogen (secondary N) is 1.